The number of carbonyl (C=O) groups excluding carboxylic acids is 1. The van der Waals surface area contributed by atoms with Gasteiger partial charge in [-0.05, 0) is 24.3 Å². The van der Waals surface area contributed by atoms with Gasteiger partial charge in [0.1, 0.15) is 5.75 Å². The van der Waals surface area contributed by atoms with Crippen LogP contribution in [0.25, 0.3) is 0 Å². The number of hydrogen-bond donors (Lipinski definition) is 1. The monoisotopic (exact) mass is 365 g/mol. The summed E-state index contributed by atoms with van der Waals surface area (Å²) >= 11 is 17.6. The van der Waals surface area contributed by atoms with Crippen molar-refractivity contribution in [3.05, 3.63) is 57.0 Å². The van der Waals surface area contributed by atoms with Crippen molar-refractivity contribution in [2.24, 2.45) is 0 Å². The van der Waals surface area contributed by atoms with Crippen molar-refractivity contribution in [3.63, 3.8) is 0 Å². The number of halogens is 5. The second-order valence-electron chi connectivity index (χ2n) is 4.07. The summed E-state index contributed by atoms with van der Waals surface area (Å²) < 4.78 is 29.0. The SMILES string of the molecule is O=C(Nc1cc(Cl)c(Cl)cc1Cl)c1ccccc1OC(F)F. The highest BCUT2D eigenvalue weighted by Gasteiger charge is 2.17. The molecule has 1 N–H and O–H groups in total. The number of para-hydroxylation sites is 1. The largest absolute Gasteiger partial charge is 0.434 e. The molecule has 22 heavy (non-hydrogen) atoms. The minimum Gasteiger partial charge on any atom is -0.434 e. The van der Waals surface area contributed by atoms with Crippen molar-refractivity contribution in [3.8, 4) is 5.75 Å². The van der Waals surface area contributed by atoms with E-state index in [1.54, 1.807) is 0 Å². The van der Waals surface area contributed by atoms with Crippen molar-refractivity contribution in [1.82, 2.24) is 0 Å². The molecule has 0 spiro atoms. The Morgan fingerprint density at radius 2 is 1.68 bits per heavy atom. The lowest BCUT2D eigenvalue weighted by Crippen LogP contribution is -2.15. The summed E-state index contributed by atoms with van der Waals surface area (Å²) in [5.74, 6) is -0.914. The molecule has 0 heterocycles. The van der Waals surface area contributed by atoms with Gasteiger partial charge in [-0.15, -0.1) is 0 Å². The van der Waals surface area contributed by atoms with E-state index in [-0.39, 0.29) is 32.1 Å². The molecule has 0 saturated carbocycles. The Morgan fingerprint density at radius 3 is 2.36 bits per heavy atom. The Balaban J connectivity index is 2.28. The first-order chi connectivity index (χ1) is 10.4. The molecule has 116 valence electrons. The van der Waals surface area contributed by atoms with E-state index in [0.29, 0.717) is 0 Å². The summed E-state index contributed by atoms with van der Waals surface area (Å²) in [7, 11) is 0. The predicted molar refractivity (Wildman–Crippen MR) is 82.5 cm³/mol. The molecular formula is C14H8Cl3F2NO2. The molecule has 8 heteroatoms. The molecule has 0 bridgehead atoms. The van der Waals surface area contributed by atoms with Crippen LogP contribution in [0.5, 0.6) is 5.75 Å². The number of amides is 1. The van der Waals surface area contributed by atoms with Crippen LogP contribution < -0.4 is 10.1 Å². The molecule has 2 rings (SSSR count). The predicted octanol–water partition coefficient (Wildman–Crippen LogP) is 5.50. The zero-order valence-electron chi connectivity index (χ0n) is 10.7. The molecule has 1 amide bonds. The van der Waals surface area contributed by atoms with Gasteiger partial charge in [-0.1, -0.05) is 46.9 Å². The van der Waals surface area contributed by atoms with Crippen molar-refractivity contribution in [2.45, 2.75) is 6.61 Å². The standard InChI is InChI=1S/C14H8Cl3F2NO2/c15-8-5-10(17)11(6-9(8)16)20-13(21)7-3-1-2-4-12(7)22-14(18)19/h1-6,14H,(H,20,21). The summed E-state index contributed by atoms with van der Waals surface area (Å²) in [5.41, 5.74) is 0.137. The average Bonchev–Trinajstić information content (AvgIpc) is 2.44. The van der Waals surface area contributed by atoms with Gasteiger partial charge in [-0.3, -0.25) is 4.79 Å². The molecule has 2 aromatic carbocycles. The van der Waals surface area contributed by atoms with Crippen molar-refractivity contribution in [1.29, 1.82) is 0 Å². The second-order valence-corrected chi connectivity index (χ2v) is 5.30. The maximum absolute atomic E-state index is 12.3. The molecule has 0 unspecified atom stereocenters. The minimum absolute atomic E-state index is 0.0649. The van der Waals surface area contributed by atoms with Crippen molar-refractivity contribution < 1.29 is 18.3 Å². The molecule has 3 nitrogen and oxygen atoms in total. The Morgan fingerprint density at radius 1 is 1.05 bits per heavy atom. The third-order valence-electron chi connectivity index (χ3n) is 2.61. The molecule has 0 aromatic heterocycles. The maximum atomic E-state index is 12.3. The van der Waals surface area contributed by atoms with E-state index in [0.717, 1.165) is 0 Å². The fraction of sp³-hybridized carbons (Fsp3) is 0.0714. The third-order valence-corrected chi connectivity index (χ3v) is 3.64. The fourth-order valence-corrected chi connectivity index (χ4v) is 2.26. The number of hydrogen-bond acceptors (Lipinski definition) is 2. The van der Waals surface area contributed by atoms with Gasteiger partial charge in [0.05, 0.1) is 26.3 Å². The summed E-state index contributed by atoms with van der Waals surface area (Å²) in [6.07, 6.45) is 0. The van der Waals surface area contributed by atoms with Crippen LogP contribution in [0.3, 0.4) is 0 Å². The Labute approximate surface area is 139 Å². The van der Waals surface area contributed by atoms with Crippen molar-refractivity contribution >= 4 is 46.4 Å². The molecule has 0 fully saturated rings. The van der Waals surface area contributed by atoms with Gasteiger partial charge < -0.3 is 10.1 Å². The fourth-order valence-electron chi connectivity index (χ4n) is 1.66. The lowest BCUT2D eigenvalue weighted by Gasteiger charge is -2.12. The first kappa shape index (κ1) is 16.8. The van der Waals surface area contributed by atoms with Crippen LogP contribution in [0.1, 0.15) is 10.4 Å². The van der Waals surface area contributed by atoms with E-state index in [9.17, 15) is 13.6 Å². The summed E-state index contributed by atoms with van der Waals surface area (Å²) in [5, 5.41) is 3.05. The highest BCUT2D eigenvalue weighted by Crippen LogP contribution is 2.33. The van der Waals surface area contributed by atoms with Crippen molar-refractivity contribution in [2.75, 3.05) is 5.32 Å². The lowest BCUT2D eigenvalue weighted by molar-refractivity contribution is -0.0501. The van der Waals surface area contributed by atoms with E-state index < -0.39 is 12.5 Å². The smallest absolute Gasteiger partial charge is 0.387 e. The van der Waals surface area contributed by atoms with Gasteiger partial charge in [0, 0.05) is 0 Å². The highest BCUT2D eigenvalue weighted by atomic mass is 35.5. The number of rotatable bonds is 4. The molecular weight excluding hydrogens is 359 g/mol. The molecule has 0 atom stereocenters. The van der Waals surface area contributed by atoms with Crippen LogP contribution in [-0.4, -0.2) is 12.5 Å². The maximum Gasteiger partial charge on any atom is 0.387 e. The highest BCUT2D eigenvalue weighted by molar-refractivity contribution is 6.44. The van der Waals surface area contributed by atoms with Gasteiger partial charge in [-0.2, -0.15) is 8.78 Å². The van der Waals surface area contributed by atoms with Gasteiger partial charge in [0.25, 0.3) is 5.91 Å². The molecule has 2 aromatic rings. The summed E-state index contributed by atoms with van der Waals surface area (Å²) in [6, 6.07) is 8.32. The molecule has 0 aliphatic heterocycles. The quantitative estimate of drug-likeness (QED) is 0.726. The average molecular weight is 367 g/mol. The number of carbonyl (C=O) groups is 1. The molecule has 0 aliphatic rings. The Bertz CT molecular complexity index is 710. The van der Waals surface area contributed by atoms with Crippen LogP contribution in [-0.2, 0) is 0 Å². The molecule has 0 radical (unpaired) electrons. The van der Waals surface area contributed by atoms with Crippen LogP contribution in [0.4, 0.5) is 14.5 Å². The number of nitrogens with one attached hydrogen (secondary N) is 1. The van der Waals surface area contributed by atoms with Gasteiger partial charge in [0.2, 0.25) is 0 Å². The topological polar surface area (TPSA) is 38.3 Å². The minimum atomic E-state index is -3.04. The molecule has 0 aliphatic carbocycles. The van der Waals surface area contributed by atoms with Crippen LogP contribution in [0, 0.1) is 0 Å². The summed E-state index contributed by atoms with van der Waals surface area (Å²) in [4.78, 5) is 12.2. The van der Waals surface area contributed by atoms with Gasteiger partial charge in [0.15, 0.2) is 0 Å². The lowest BCUT2D eigenvalue weighted by atomic mass is 10.2. The van der Waals surface area contributed by atoms with Crippen LogP contribution in [0.2, 0.25) is 15.1 Å². The summed E-state index contributed by atoms with van der Waals surface area (Å²) in [6.45, 7) is -3.04. The normalized spacial score (nSPS) is 10.6. The van der Waals surface area contributed by atoms with E-state index in [1.807, 2.05) is 0 Å². The first-order valence-electron chi connectivity index (χ1n) is 5.88. The van der Waals surface area contributed by atoms with Gasteiger partial charge in [-0.25, -0.2) is 0 Å². The van der Waals surface area contributed by atoms with E-state index in [1.165, 1.54) is 36.4 Å². The first-order valence-corrected chi connectivity index (χ1v) is 7.01. The number of anilines is 1. The third kappa shape index (κ3) is 4.00. The zero-order valence-corrected chi connectivity index (χ0v) is 13.0. The van der Waals surface area contributed by atoms with E-state index in [4.69, 9.17) is 34.8 Å². The van der Waals surface area contributed by atoms with E-state index in [2.05, 4.69) is 10.1 Å². The van der Waals surface area contributed by atoms with Gasteiger partial charge >= 0.3 is 6.61 Å². The number of alkyl halides is 2. The number of ether oxygens (including phenoxy) is 1. The zero-order chi connectivity index (χ0) is 16.3. The van der Waals surface area contributed by atoms with E-state index >= 15 is 0 Å². The number of benzene rings is 2. The Kier molecular flexibility index (Phi) is 5.45. The second kappa shape index (κ2) is 7.13. The molecule has 0 saturated heterocycles. The van der Waals surface area contributed by atoms with Crippen LogP contribution >= 0.6 is 34.8 Å². The Hall–Kier alpha value is -1.56. The van der Waals surface area contributed by atoms with Crippen LogP contribution in [0.15, 0.2) is 36.4 Å².